The van der Waals surface area contributed by atoms with E-state index in [0.29, 0.717) is 11.8 Å². The van der Waals surface area contributed by atoms with Gasteiger partial charge in [-0.2, -0.15) is 0 Å². The van der Waals surface area contributed by atoms with Crippen LogP contribution in [0.25, 0.3) is 0 Å². The van der Waals surface area contributed by atoms with Crippen molar-refractivity contribution in [2.75, 3.05) is 46.3 Å². The number of aromatic nitrogens is 2. The van der Waals surface area contributed by atoms with Crippen LogP contribution in [0.15, 0.2) is 4.42 Å². The normalized spacial score (nSPS) is 27.4. The maximum atomic E-state index is 5.85. The van der Waals surface area contributed by atoms with Crippen LogP contribution in [-0.4, -0.2) is 72.4 Å². The molecule has 3 aliphatic heterocycles. The third kappa shape index (κ3) is 2.25. The van der Waals surface area contributed by atoms with Gasteiger partial charge in [0, 0.05) is 32.2 Å². The van der Waals surface area contributed by atoms with E-state index in [1.165, 1.54) is 25.9 Å². The van der Waals surface area contributed by atoms with E-state index in [-0.39, 0.29) is 0 Å². The van der Waals surface area contributed by atoms with Crippen molar-refractivity contribution >= 4 is 0 Å². The second-order valence-corrected chi connectivity index (χ2v) is 6.52. The molecular weight excluding hydrogens is 254 g/mol. The Morgan fingerprint density at radius 2 is 1.70 bits per heavy atom. The molecule has 6 heteroatoms. The summed E-state index contributed by atoms with van der Waals surface area (Å²) >= 11 is 0. The van der Waals surface area contributed by atoms with E-state index in [4.69, 9.17) is 4.42 Å². The number of nitrogens with one attached hydrogen (secondary N) is 1. The van der Waals surface area contributed by atoms with Gasteiger partial charge in [0.2, 0.25) is 11.8 Å². The molecule has 3 aliphatic rings. The molecule has 0 atom stereocenters. The summed E-state index contributed by atoms with van der Waals surface area (Å²) in [6, 6.07) is 0.765. The second kappa shape index (κ2) is 5.09. The Bertz CT molecular complexity index is 458. The van der Waals surface area contributed by atoms with Crippen LogP contribution in [0.3, 0.4) is 0 Å². The van der Waals surface area contributed by atoms with E-state index >= 15 is 0 Å². The largest absolute Gasteiger partial charge is 0.424 e. The zero-order chi connectivity index (χ0) is 13.5. The van der Waals surface area contributed by atoms with E-state index in [1.807, 2.05) is 0 Å². The molecular formula is C14H23N5O. The predicted octanol–water partition coefficient (Wildman–Crippen LogP) is 0.250. The van der Waals surface area contributed by atoms with Crippen molar-refractivity contribution in [3.8, 4) is 0 Å². The van der Waals surface area contributed by atoms with Gasteiger partial charge in [0.15, 0.2) is 0 Å². The van der Waals surface area contributed by atoms with Gasteiger partial charge in [-0.05, 0) is 33.0 Å². The predicted molar refractivity (Wildman–Crippen MR) is 74.7 cm³/mol. The van der Waals surface area contributed by atoms with Gasteiger partial charge in [0.25, 0.3) is 0 Å². The average Bonchev–Trinajstić information content (AvgIpc) is 2.76. The summed E-state index contributed by atoms with van der Waals surface area (Å²) in [5, 5.41) is 11.7. The summed E-state index contributed by atoms with van der Waals surface area (Å²) in [6.07, 6.45) is 2.60. The number of hydrogen-bond donors (Lipinski definition) is 1. The topological polar surface area (TPSA) is 57.4 Å². The van der Waals surface area contributed by atoms with E-state index in [2.05, 4.69) is 32.4 Å². The van der Waals surface area contributed by atoms with Gasteiger partial charge in [0.1, 0.15) is 0 Å². The van der Waals surface area contributed by atoms with Crippen molar-refractivity contribution in [1.29, 1.82) is 0 Å². The number of piperidine rings is 1. The first-order valence-corrected chi connectivity index (χ1v) is 7.76. The average molecular weight is 277 g/mol. The molecule has 0 amide bonds. The van der Waals surface area contributed by atoms with Gasteiger partial charge >= 0.3 is 0 Å². The highest BCUT2D eigenvalue weighted by atomic mass is 16.4. The molecule has 0 unspecified atom stereocenters. The molecule has 0 radical (unpaired) electrons. The second-order valence-electron chi connectivity index (χ2n) is 6.52. The van der Waals surface area contributed by atoms with Crippen molar-refractivity contribution in [2.24, 2.45) is 0 Å². The molecule has 0 bridgehead atoms. The lowest BCUT2D eigenvalue weighted by Gasteiger charge is -2.45. The van der Waals surface area contributed by atoms with Gasteiger partial charge < -0.3 is 14.6 Å². The van der Waals surface area contributed by atoms with Gasteiger partial charge in [-0.15, -0.1) is 10.2 Å². The van der Waals surface area contributed by atoms with Gasteiger partial charge in [-0.1, -0.05) is 0 Å². The third-order valence-electron chi connectivity index (χ3n) is 5.05. The minimum Gasteiger partial charge on any atom is -0.424 e. The van der Waals surface area contributed by atoms with Crippen LogP contribution < -0.4 is 5.32 Å². The summed E-state index contributed by atoms with van der Waals surface area (Å²) in [4.78, 5) is 5.01. The molecule has 1 N–H and O–H groups in total. The van der Waals surface area contributed by atoms with E-state index in [1.54, 1.807) is 0 Å². The van der Waals surface area contributed by atoms with E-state index < -0.39 is 0 Å². The van der Waals surface area contributed by atoms with E-state index in [0.717, 1.165) is 44.0 Å². The quantitative estimate of drug-likeness (QED) is 0.855. The molecule has 4 rings (SSSR count). The summed E-state index contributed by atoms with van der Waals surface area (Å²) < 4.78 is 5.85. The maximum absolute atomic E-state index is 5.85. The molecule has 0 aromatic carbocycles. The fourth-order valence-electron chi connectivity index (χ4n) is 3.37. The highest BCUT2D eigenvalue weighted by molar-refractivity contribution is 5.06. The fourth-order valence-corrected chi connectivity index (χ4v) is 3.37. The Morgan fingerprint density at radius 1 is 1.05 bits per heavy atom. The standard InChI is InChI=1S/C14H23N5O/c1-18-4-2-12(3-5-18)19-8-11(9-19)14-17-16-13(20-14)10-6-15-7-10/h10-12,15H,2-9H2,1H3. The summed E-state index contributed by atoms with van der Waals surface area (Å²) in [5.41, 5.74) is 0. The lowest BCUT2D eigenvalue weighted by molar-refractivity contribution is 0.0435. The first kappa shape index (κ1) is 12.7. The Hall–Kier alpha value is -0.980. The summed E-state index contributed by atoms with van der Waals surface area (Å²) in [6.45, 7) is 6.61. The molecule has 1 aromatic rings. The molecule has 110 valence electrons. The zero-order valence-electron chi connectivity index (χ0n) is 12.1. The van der Waals surface area contributed by atoms with Gasteiger partial charge in [-0.3, -0.25) is 4.90 Å². The van der Waals surface area contributed by atoms with Gasteiger partial charge in [-0.25, -0.2) is 0 Å². The lowest BCUT2D eigenvalue weighted by atomic mass is 9.93. The van der Waals surface area contributed by atoms with Crippen molar-refractivity contribution < 1.29 is 4.42 Å². The van der Waals surface area contributed by atoms with Crippen molar-refractivity contribution in [3.05, 3.63) is 11.8 Å². The first-order chi connectivity index (χ1) is 9.79. The van der Waals surface area contributed by atoms with Crippen molar-refractivity contribution in [2.45, 2.75) is 30.7 Å². The number of rotatable bonds is 3. The number of nitrogens with zero attached hydrogens (tertiary/aromatic N) is 4. The zero-order valence-corrected chi connectivity index (χ0v) is 12.1. The molecule has 20 heavy (non-hydrogen) atoms. The van der Waals surface area contributed by atoms with Crippen LogP contribution in [0, 0.1) is 0 Å². The Labute approximate surface area is 119 Å². The molecule has 1 aromatic heterocycles. The van der Waals surface area contributed by atoms with Crippen LogP contribution in [0.1, 0.15) is 36.5 Å². The Kier molecular flexibility index (Phi) is 3.24. The number of hydrogen-bond acceptors (Lipinski definition) is 6. The summed E-state index contributed by atoms with van der Waals surface area (Å²) in [7, 11) is 2.21. The summed E-state index contributed by atoms with van der Waals surface area (Å²) in [5.74, 6) is 2.60. The Morgan fingerprint density at radius 3 is 2.30 bits per heavy atom. The minimum absolute atomic E-state index is 0.446. The molecule has 0 aliphatic carbocycles. The van der Waals surface area contributed by atoms with Crippen LogP contribution in [0.2, 0.25) is 0 Å². The molecule has 3 saturated heterocycles. The lowest BCUT2D eigenvalue weighted by Crippen LogP contribution is -2.53. The van der Waals surface area contributed by atoms with Crippen LogP contribution in [-0.2, 0) is 0 Å². The number of likely N-dealkylation sites (tertiary alicyclic amines) is 2. The highest BCUT2D eigenvalue weighted by Crippen LogP contribution is 2.32. The van der Waals surface area contributed by atoms with Crippen LogP contribution >= 0.6 is 0 Å². The van der Waals surface area contributed by atoms with Crippen molar-refractivity contribution in [3.63, 3.8) is 0 Å². The van der Waals surface area contributed by atoms with Crippen LogP contribution in [0.4, 0.5) is 0 Å². The SMILES string of the molecule is CN1CCC(N2CC(c3nnc(C4CNC4)o3)C2)CC1. The van der Waals surface area contributed by atoms with E-state index in [9.17, 15) is 0 Å². The maximum Gasteiger partial charge on any atom is 0.222 e. The molecule has 0 spiro atoms. The van der Waals surface area contributed by atoms with Gasteiger partial charge in [0.05, 0.1) is 11.8 Å². The monoisotopic (exact) mass is 277 g/mol. The minimum atomic E-state index is 0.446. The smallest absolute Gasteiger partial charge is 0.222 e. The molecule has 4 heterocycles. The first-order valence-electron chi connectivity index (χ1n) is 7.76. The van der Waals surface area contributed by atoms with Crippen LogP contribution in [0.5, 0.6) is 0 Å². The fraction of sp³-hybridized carbons (Fsp3) is 0.857. The molecule has 6 nitrogen and oxygen atoms in total. The highest BCUT2D eigenvalue weighted by Gasteiger charge is 2.38. The van der Waals surface area contributed by atoms with Crippen molar-refractivity contribution in [1.82, 2.24) is 25.3 Å². The Balaban J connectivity index is 1.31. The molecule has 3 fully saturated rings. The molecule has 0 saturated carbocycles. The third-order valence-corrected chi connectivity index (χ3v) is 5.05.